The van der Waals surface area contributed by atoms with Crippen molar-refractivity contribution in [1.29, 1.82) is 0 Å². The number of nitrogens with zero attached hydrogens (tertiary/aromatic N) is 2. The molecule has 6 heteroatoms. The zero-order valence-corrected chi connectivity index (χ0v) is 13.2. The highest BCUT2D eigenvalue weighted by Gasteiger charge is 2.31. The SMILES string of the molecule is CCCS(=O)(=O)N1CCN(C(=O)C2CCCCC2)CC1. The minimum atomic E-state index is -3.11. The molecule has 0 unspecified atom stereocenters. The van der Waals surface area contributed by atoms with E-state index in [4.69, 9.17) is 0 Å². The first-order chi connectivity index (χ1) is 9.54. The molecule has 0 radical (unpaired) electrons. The van der Waals surface area contributed by atoms with Gasteiger partial charge in [0, 0.05) is 32.1 Å². The van der Waals surface area contributed by atoms with Crippen LogP contribution in [0.5, 0.6) is 0 Å². The van der Waals surface area contributed by atoms with Crippen molar-refractivity contribution < 1.29 is 13.2 Å². The summed E-state index contributed by atoms with van der Waals surface area (Å²) in [5.74, 6) is 0.642. The van der Waals surface area contributed by atoms with E-state index in [-0.39, 0.29) is 17.6 Å². The second-order valence-corrected chi connectivity index (χ2v) is 7.96. The van der Waals surface area contributed by atoms with Gasteiger partial charge in [-0.3, -0.25) is 4.79 Å². The first-order valence-corrected chi connectivity index (χ1v) is 9.42. The summed E-state index contributed by atoms with van der Waals surface area (Å²) in [5, 5.41) is 0. The van der Waals surface area contributed by atoms with Crippen molar-refractivity contribution in [2.45, 2.75) is 45.4 Å². The zero-order chi connectivity index (χ0) is 14.6. The molecule has 2 aliphatic rings. The molecule has 0 N–H and O–H groups in total. The molecule has 2 rings (SSSR count). The number of carbonyl (C=O) groups excluding carboxylic acids is 1. The van der Waals surface area contributed by atoms with Gasteiger partial charge in [0.15, 0.2) is 0 Å². The Morgan fingerprint density at radius 2 is 1.65 bits per heavy atom. The Hall–Kier alpha value is -0.620. The summed E-state index contributed by atoms with van der Waals surface area (Å²) in [6.45, 7) is 3.90. The maximum absolute atomic E-state index is 12.4. The van der Waals surface area contributed by atoms with Gasteiger partial charge in [0.05, 0.1) is 5.75 Å². The molecule has 1 aliphatic heterocycles. The molecule has 5 nitrogen and oxygen atoms in total. The first-order valence-electron chi connectivity index (χ1n) is 7.81. The van der Waals surface area contributed by atoms with Crippen molar-refractivity contribution in [3.63, 3.8) is 0 Å². The number of rotatable bonds is 4. The second kappa shape index (κ2) is 6.89. The fourth-order valence-electron chi connectivity index (χ4n) is 3.18. The third-order valence-corrected chi connectivity index (χ3v) is 6.44. The third kappa shape index (κ3) is 3.73. The largest absolute Gasteiger partial charge is 0.340 e. The predicted molar refractivity (Wildman–Crippen MR) is 78.8 cm³/mol. The van der Waals surface area contributed by atoms with Crippen molar-refractivity contribution in [2.24, 2.45) is 5.92 Å². The van der Waals surface area contributed by atoms with Gasteiger partial charge in [-0.15, -0.1) is 0 Å². The van der Waals surface area contributed by atoms with Crippen molar-refractivity contribution >= 4 is 15.9 Å². The van der Waals surface area contributed by atoms with Gasteiger partial charge in [0.1, 0.15) is 0 Å². The average Bonchev–Trinajstić information content (AvgIpc) is 2.47. The Labute approximate surface area is 122 Å². The van der Waals surface area contributed by atoms with Gasteiger partial charge in [0.25, 0.3) is 0 Å². The molecule has 0 bridgehead atoms. The van der Waals surface area contributed by atoms with Crippen LogP contribution in [0.3, 0.4) is 0 Å². The lowest BCUT2D eigenvalue weighted by Gasteiger charge is -2.36. The molecular formula is C14H26N2O3S. The molecule has 116 valence electrons. The standard InChI is InChI=1S/C14H26N2O3S/c1-2-12-20(18,19)16-10-8-15(9-11-16)14(17)13-6-4-3-5-7-13/h13H,2-12H2,1H3. The number of hydrogen-bond acceptors (Lipinski definition) is 3. The summed E-state index contributed by atoms with van der Waals surface area (Å²) < 4.78 is 25.5. The van der Waals surface area contributed by atoms with Crippen LogP contribution in [-0.2, 0) is 14.8 Å². The maximum Gasteiger partial charge on any atom is 0.225 e. The summed E-state index contributed by atoms with van der Waals surface area (Å²) >= 11 is 0. The van der Waals surface area contributed by atoms with E-state index < -0.39 is 10.0 Å². The molecule has 0 atom stereocenters. The van der Waals surface area contributed by atoms with Gasteiger partial charge in [-0.05, 0) is 19.3 Å². The molecule has 2 fully saturated rings. The van der Waals surface area contributed by atoms with E-state index in [0.717, 1.165) is 25.7 Å². The Kier molecular flexibility index (Phi) is 5.43. The molecule has 0 spiro atoms. The summed E-state index contributed by atoms with van der Waals surface area (Å²) in [6.07, 6.45) is 6.21. The van der Waals surface area contributed by atoms with Crippen LogP contribution < -0.4 is 0 Å². The first kappa shape index (κ1) is 15.8. The number of sulfonamides is 1. The molecule has 1 saturated carbocycles. The number of carbonyl (C=O) groups is 1. The molecule has 20 heavy (non-hydrogen) atoms. The average molecular weight is 302 g/mol. The normalized spacial score (nSPS) is 22.9. The van der Waals surface area contributed by atoms with Crippen LogP contribution in [0.1, 0.15) is 45.4 Å². The van der Waals surface area contributed by atoms with E-state index in [1.807, 2.05) is 11.8 Å². The van der Waals surface area contributed by atoms with E-state index in [0.29, 0.717) is 32.6 Å². The minimum Gasteiger partial charge on any atom is -0.340 e. The van der Waals surface area contributed by atoms with Crippen LogP contribution in [0.2, 0.25) is 0 Å². The van der Waals surface area contributed by atoms with Gasteiger partial charge >= 0.3 is 0 Å². The summed E-state index contributed by atoms with van der Waals surface area (Å²) in [6, 6.07) is 0. The molecular weight excluding hydrogens is 276 g/mol. The Bertz CT molecular complexity index is 422. The highest BCUT2D eigenvalue weighted by Crippen LogP contribution is 2.26. The summed E-state index contributed by atoms with van der Waals surface area (Å²) in [5.41, 5.74) is 0. The van der Waals surface area contributed by atoms with Crippen LogP contribution in [-0.4, -0.2) is 55.5 Å². The van der Waals surface area contributed by atoms with Crippen LogP contribution in [0, 0.1) is 5.92 Å². The highest BCUT2D eigenvalue weighted by atomic mass is 32.2. The molecule has 0 aromatic rings. The molecule has 1 amide bonds. The number of hydrogen-bond donors (Lipinski definition) is 0. The highest BCUT2D eigenvalue weighted by molar-refractivity contribution is 7.89. The molecule has 0 aromatic heterocycles. The topological polar surface area (TPSA) is 57.7 Å². The zero-order valence-electron chi connectivity index (χ0n) is 12.4. The van der Waals surface area contributed by atoms with Crippen molar-refractivity contribution in [3.8, 4) is 0 Å². The van der Waals surface area contributed by atoms with Gasteiger partial charge in [-0.1, -0.05) is 26.2 Å². The van der Waals surface area contributed by atoms with E-state index in [1.165, 1.54) is 6.42 Å². The quantitative estimate of drug-likeness (QED) is 0.790. The predicted octanol–water partition coefficient (Wildman–Crippen LogP) is 1.45. The van der Waals surface area contributed by atoms with Crippen molar-refractivity contribution in [2.75, 3.05) is 31.9 Å². The third-order valence-electron chi connectivity index (χ3n) is 4.36. The second-order valence-electron chi connectivity index (χ2n) is 5.88. The van der Waals surface area contributed by atoms with Crippen LogP contribution in [0.25, 0.3) is 0 Å². The van der Waals surface area contributed by atoms with Crippen molar-refractivity contribution in [3.05, 3.63) is 0 Å². The fraction of sp³-hybridized carbons (Fsp3) is 0.929. The number of amides is 1. The van der Waals surface area contributed by atoms with Crippen molar-refractivity contribution in [1.82, 2.24) is 9.21 Å². The monoisotopic (exact) mass is 302 g/mol. The summed E-state index contributed by atoms with van der Waals surface area (Å²) in [4.78, 5) is 14.3. The molecule has 0 aromatic carbocycles. The summed E-state index contributed by atoms with van der Waals surface area (Å²) in [7, 11) is -3.11. The fourth-order valence-corrected chi connectivity index (χ4v) is 4.68. The van der Waals surface area contributed by atoms with Crippen LogP contribution in [0.15, 0.2) is 0 Å². The van der Waals surface area contributed by atoms with E-state index in [2.05, 4.69) is 0 Å². The van der Waals surface area contributed by atoms with Gasteiger partial charge in [0.2, 0.25) is 15.9 Å². The Morgan fingerprint density at radius 3 is 2.20 bits per heavy atom. The van der Waals surface area contributed by atoms with Crippen LogP contribution >= 0.6 is 0 Å². The smallest absolute Gasteiger partial charge is 0.225 e. The van der Waals surface area contributed by atoms with Gasteiger partial charge in [-0.25, -0.2) is 8.42 Å². The van der Waals surface area contributed by atoms with E-state index in [1.54, 1.807) is 4.31 Å². The molecule has 1 heterocycles. The van der Waals surface area contributed by atoms with Crippen LogP contribution in [0.4, 0.5) is 0 Å². The maximum atomic E-state index is 12.4. The Morgan fingerprint density at radius 1 is 1.05 bits per heavy atom. The minimum absolute atomic E-state index is 0.183. The molecule has 1 aliphatic carbocycles. The van der Waals surface area contributed by atoms with Gasteiger partial charge < -0.3 is 4.90 Å². The van der Waals surface area contributed by atoms with Gasteiger partial charge in [-0.2, -0.15) is 4.31 Å². The Balaban J connectivity index is 1.86. The number of piperazine rings is 1. The van der Waals surface area contributed by atoms with E-state index >= 15 is 0 Å². The lowest BCUT2D eigenvalue weighted by molar-refractivity contribution is -0.137. The molecule has 1 saturated heterocycles. The van der Waals surface area contributed by atoms with E-state index in [9.17, 15) is 13.2 Å². The lowest BCUT2D eigenvalue weighted by Crippen LogP contribution is -2.52. The lowest BCUT2D eigenvalue weighted by atomic mass is 9.88.